The van der Waals surface area contributed by atoms with Crippen molar-refractivity contribution in [3.05, 3.63) is 28.7 Å². The summed E-state index contributed by atoms with van der Waals surface area (Å²) in [6, 6.07) is 5.20. The van der Waals surface area contributed by atoms with E-state index in [1.807, 2.05) is 6.92 Å². The molecule has 2 fully saturated rings. The minimum absolute atomic E-state index is 0.0952. The molecule has 0 radical (unpaired) electrons. The number of hydrogen-bond donors (Lipinski definition) is 1. The molecule has 1 amide bonds. The first-order valence-electron chi connectivity index (χ1n) is 11.1. The van der Waals surface area contributed by atoms with Gasteiger partial charge in [0.05, 0.1) is 24.7 Å². The lowest BCUT2D eigenvalue weighted by atomic mass is 10.1. The van der Waals surface area contributed by atoms with Gasteiger partial charge in [-0.3, -0.25) is 14.6 Å². The van der Waals surface area contributed by atoms with Crippen LogP contribution in [0.4, 0.5) is 0 Å². The molecule has 0 bridgehead atoms. The van der Waals surface area contributed by atoms with E-state index in [1.165, 1.54) is 11.8 Å². The topological polar surface area (TPSA) is 88.5 Å². The lowest BCUT2D eigenvalue weighted by Gasteiger charge is -2.27. The van der Waals surface area contributed by atoms with Gasteiger partial charge in [0.2, 0.25) is 0 Å². The first-order valence-corrected chi connectivity index (χ1v) is 12.4. The van der Waals surface area contributed by atoms with E-state index in [2.05, 4.69) is 4.90 Å². The van der Waals surface area contributed by atoms with Crippen LogP contribution in [0, 0.1) is 0 Å². The molecule has 10 heteroatoms. The highest BCUT2D eigenvalue weighted by molar-refractivity contribution is 8.26. The molecule has 2 saturated heterocycles. The van der Waals surface area contributed by atoms with E-state index in [9.17, 15) is 14.7 Å². The third kappa shape index (κ3) is 6.92. The molecule has 0 aliphatic carbocycles. The van der Waals surface area contributed by atoms with Gasteiger partial charge in [0.15, 0.2) is 17.6 Å². The fraction of sp³-hybridized carbons (Fsp3) is 0.522. The number of morpholine rings is 1. The molecule has 33 heavy (non-hydrogen) atoms. The van der Waals surface area contributed by atoms with Crippen molar-refractivity contribution in [2.75, 3.05) is 46.0 Å². The molecule has 180 valence electrons. The van der Waals surface area contributed by atoms with Gasteiger partial charge < -0.3 is 19.3 Å². The number of benzene rings is 1. The normalized spacial score (nSPS) is 19.2. The van der Waals surface area contributed by atoms with E-state index in [0.717, 1.165) is 44.8 Å². The van der Waals surface area contributed by atoms with Gasteiger partial charge in [0.25, 0.3) is 5.91 Å². The highest BCUT2D eigenvalue weighted by atomic mass is 32.2. The number of amides is 1. The summed E-state index contributed by atoms with van der Waals surface area (Å²) in [5, 5.41) is 9.27. The Kier molecular flexibility index (Phi) is 9.54. The van der Waals surface area contributed by atoms with Gasteiger partial charge >= 0.3 is 5.97 Å². The van der Waals surface area contributed by atoms with Gasteiger partial charge in [-0.2, -0.15) is 0 Å². The summed E-state index contributed by atoms with van der Waals surface area (Å²) in [6.07, 6.45) is 2.00. The van der Waals surface area contributed by atoms with Gasteiger partial charge in [0.1, 0.15) is 4.32 Å². The van der Waals surface area contributed by atoms with Crippen molar-refractivity contribution in [3.63, 3.8) is 0 Å². The lowest BCUT2D eigenvalue weighted by Crippen LogP contribution is -2.38. The summed E-state index contributed by atoms with van der Waals surface area (Å²) in [7, 11) is 0. The number of carboxylic acids is 1. The summed E-state index contributed by atoms with van der Waals surface area (Å²) in [6.45, 7) is 8.84. The van der Waals surface area contributed by atoms with Gasteiger partial charge in [-0.05, 0) is 43.5 Å². The minimum atomic E-state index is -1.03. The highest BCUT2D eigenvalue weighted by Gasteiger charge is 2.31. The highest BCUT2D eigenvalue weighted by Crippen LogP contribution is 2.35. The number of ether oxygens (including phenoxy) is 3. The second-order valence-electron chi connectivity index (χ2n) is 7.63. The Morgan fingerprint density at radius 1 is 1.27 bits per heavy atom. The molecule has 2 aliphatic heterocycles. The van der Waals surface area contributed by atoms with Crippen LogP contribution >= 0.6 is 24.0 Å². The Labute approximate surface area is 203 Å². The zero-order chi connectivity index (χ0) is 23.8. The summed E-state index contributed by atoms with van der Waals surface area (Å²) in [5.41, 5.74) is 0.753. The maximum Gasteiger partial charge on any atom is 0.344 e. The second kappa shape index (κ2) is 12.4. The average Bonchev–Trinajstić information content (AvgIpc) is 3.06. The molecule has 1 aromatic carbocycles. The first-order chi connectivity index (χ1) is 15.9. The zero-order valence-corrected chi connectivity index (χ0v) is 20.6. The molecule has 0 aromatic heterocycles. The number of carbonyl (C=O) groups is 2. The molecule has 2 aliphatic rings. The van der Waals surface area contributed by atoms with Crippen molar-refractivity contribution >= 4 is 46.3 Å². The smallest absolute Gasteiger partial charge is 0.344 e. The first kappa shape index (κ1) is 25.5. The lowest BCUT2D eigenvalue weighted by molar-refractivity contribution is -0.145. The largest absolute Gasteiger partial charge is 0.490 e. The van der Waals surface area contributed by atoms with Crippen LogP contribution in [0.3, 0.4) is 0 Å². The van der Waals surface area contributed by atoms with Gasteiger partial charge in [-0.15, -0.1) is 0 Å². The molecule has 1 unspecified atom stereocenters. The van der Waals surface area contributed by atoms with Gasteiger partial charge in [-0.25, -0.2) is 4.79 Å². The predicted octanol–water partition coefficient (Wildman–Crippen LogP) is 3.25. The number of rotatable bonds is 11. The Morgan fingerprint density at radius 2 is 2.03 bits per heavy atom. The predicted molar refractivity (Wildman–Crippen MR) is 132 cm³/mol. The summed E-state index contributed by atoms with van der Waals surface area (Å²) < 4.78 is 17.2. The van der Waals surface area contributed by atoms with Crippen LogP contribution in [-0.2, 0) is 14.3 Å². The van der Waals surface area contributed by atoms with Crippen molar-refractivity contribution in [1.82, 2.24) is 9.80 Å². The van der Waals surface area contributed by atoms with Crippen molar-refractivity contribution in [1.29, 1.82) is 0 Å². The van der Waals surface area contributed by atoms with E-state index < -0.39 is 12.1 Å². The Balaban J connectivity index is 1.67. The van der Waals surface area contributed by atoms with Crippen LogP contribution in [0.5, 0.6) is 11.5 Å². The fourth-order valence-corrected chi connectivity index (χ4v) is 4.87. The molecule has 0 saturated carbocycles. The van der Waals surface area contributed by atoms with Crippen molar-refractivity contribution < 1.29 is 28.9 Å². The van der Waals surface area contributed by atoms with Crippen LogP contribution in [-0.4, -0.2) is 83.2 Å². The van der Waals surface area contributed by atoms with Crippen LogP contribution in [0.25, 0.3) is 6.08 Å². The summed E-state index contributed by atoms with van der Waals surface area (Å²) in [4.78, 5) is 28.8. The standard InChI is InChI=1S/C23H30N2O6S2/c1-3-17(22(27)28)31-18-7-6-16(14-19(18)30-4-2)15-20-21(26)25(23(32)33-20)9-5-8-24-10-12-29-13-11-24/h6-7,14-15,17H,3-5,8-13H2,1-2H3,(H,27,28)/b20-15+. The van der Waals surface area contributed by atoms with Crippen molar-refractivity contribution in [2.24, 2.45) is 0 Å². The molecule has 1 N–H and O–H groups in total. The zero-order valence-electron chi connectivity index (χ0n) is 19.0. The second-order valence-corrected chi connectivity index (χ2v) is 9.31. The van der Waals surface area contributed by atoms with Crippen molar-refractivity contribution in [2.45, 2.75) is 32.8 Å². The van der Waals surface area contributed by atoms with Crippen LogP contribution in [0.1, 0.15) is 32.3 Å². The number of thioether (sulfide) groups is 1. The third-order valence-corrected chi connectivity index (χ3v) is 6.69. The Bertz CT molecular complexity index is 901. The summed E-state index contributed by atoms with van der Waals surface area (Å²) in [5.74, 6) is -0.325. The molecular formula is C23H30N2O6S2. The van der Waals surface area contributed by atoms with E-state index in [0.29, 0.717) is 40.3 Å². The summed E-state index contributed by atoms with van der Waals surface area (Å²) >= 11 is 6.74. The number of nitrogens with zero attached hydrogens (tertiary/aromatic N) is 2. The molecule has 2 heterocycles. The monoisotopic (exact) mass is 494 g/mol. The maximum atomic E-state index is 12.9. The van der Waals surface area contributed by atoms with E-state index in [-0.39, 0.29) is 5.91 Å². The van der Waals surface area contributed by atoms with E-state index in [1.54, 1.807) is 36.1 Å². The quantitative estimate of drug-likeness (QED) is 0.368. The number of carboxylic acid groups (broad SMARTS) is 1. The molecule has 8 nitrogen and oxygen atoms in total. The fourth-order valence-electron chi connectivity index (χ4n) is 3.56. The number of hydrogen-bond acceptors (Lipinski definition) is 8. The van der Waals surface area contributed by atoms with Crippen LogP contribution < -0.4 is 9.47 Å². The van der Waals surface area contributed by atoms with Crippen LogP contribution in [0.2, 0.25) is 0 Å². The van der Waals surface area contributed by atoms with Crippen LogP contribution in [0.15, 0.2) is 23.1 Å². The van der Waals surface area contributed by atoms with Gasteiger partial charge in [0, 0.05) is 26.2 Å². The van der Waals surface area contributed by atoms with Gasteiger partial charge in [-0.1, -0.05) is 37.0 Å². The molecule has 1 aromatic rings. The average molecular weight is 495 g/mol. The van der Waals surface area contributed by atoms with E-state index in [4.69, 9.17) is 26.4 Å². The van der Waals surface area contributed by atoms with Crippen molar-refractivity contribution in [3.8, 4) is 11.5 Å². The third-order valence-electron chi connectivity index (χ3n) is 5.31. The molecule has 1 atom stereocenters. The Morgan fingerprint density at radius 3 is 2.70 bits per heavy atom. The number of thiocarbonyl (C=S) groups is 1. The van der Waals surface area contributed by atoms with E-state index >= 15 is 0 Å². The molecular weight excluding hydrogens is 464 g/mol. The number of carbonyl (C=O) groups excluding carboxylic acids is 1. The minimum Gasteiger partial charge on any atom is -0.490 e. The maximum absolute atomic E-state index is 12.9. The number of aliphatic carboxylic acids is 1. The molecule has 3 rings (SSSR count). The Hall–Kier alpha value is -2.14. The molecule has 0 spiro atoms. The SMILES string of the molecule is CCOc1cc(/C=C2/SC(=S)N(CCCN3CCOCC3)C2=O)ccc1OC(CC)C(=O)O.